The fourth-order valence-corrected chi connectivity index (χ4v) is 3.99. The van der Waals surface area contributed by atoms with E-state index in [1.807, 2.05) is 24.3 Å². The lowest BCUT2D eigenvalue weighted by atomic mass is 9.84. The second-order valence-corrected chi connectivity index (χ2v) is 6.54. The Balaban J connectivity index is 1.58. The molecule has 3 rings (SSSR count). The normalized spacial score (nSPS) is 29.4. The fourth-order valence-electron chi connectivity index (χ4n) is 3.99. The molecule has 2 bridgehead atoms. The summed E-state index contributed by atoms with van der Waals surface area (Å²) in [7, 11) is 0. The topological polar surface area (TPSA) is 84.2 Å². The van der Waals surface area contributed by atoms with Gasteiger partial charge >= 0.3 is 0 Å². The van der Waals surface area contributed by atoms with Gasteiger partial charge in [0.1, 0.15) is 0 Å². The number of hydrogen-bond donors (Lipinski definition) is 3. The van der Waals surface area contributed by atoms with Gasteiger partial charge in [-0.05, 0) is 48.8 Å². The molecule has 1 aromatic carbocycles. The van der Waals surface area contributed by atoms with Crippen molar-refractivity contribution >= 4 is 17.5 Å². The summed E-state index contributed by atoms with van der Waals surface area (Å²) in [5, 5.41) is 5.75. The van der Waals surface area contributed by atoms with Gasteiger partial charge in [-0.15, -0.1) is 0 Å². The second kappa shape index (κ2) is 6.08. The molecule has 4 atom stereocenters. The lowest BCUT2D eigenvalue weighted by Gasteiger charge is -2.27. The number of fused-ring (bicyclic) bond motifs is 2. The van der Waals surface area contributed by atoms with Crippen molar-refractivity contribution < 1.29 is 9.59 Å². The maximum Gasteiger partial charge on any atom is 0.225 e. The van der Waals surface area contributed by atoms with E-state index in [1.54, 1.807) is 0 Å². The highest BCUT2D eigenvalue weighted by molar-refractivity contribution is 5.88. The molecule has 0 heterocycles. The Morgan fingerprint density at radius 2 is 2.05 bits per heavy atom. The van der Waals surface area contributed by atoms with Gasteiger partial charge in [0, 0.05) is 25.2 Å². The minimum atomic E-state index is -0.103. The number of amides is 2. The van der Waals surface area contributed by atoms with Gasteiger partial charge < -0.3 is 16.4 Å². The van der Waals surface area contributed by atoms with Gasteiger partial charge in [0.05, 0.1) is 5.92 Å². The fraction of sp³-hybridized carbons (Fsp3) is 0.529. The predicted octanol–water partition coefficient (Wildman–Crippen LogP) is 1.63. The van der Waals surface area contributed by atoms with Crippen LogP contribution >= 0.6 is 0 Å². The van der Waals surface area contributed by atoms with E-state index in [-0.39, 0.29) is 23.8 Å². The molecule has 2 aliphatic carbocycles. The zero-order valence-corrected chi connectivity index (χ0v) is 12.8. The number of anilines is 1. The quantitative estimate of drug-likeness (QED) is 0.790. The minimum absolute atomic E-state index is 0.0180. The molecule has 22 heavy (non-hydrogen) atoms. The van der Waals surface area contributed by atoms with Crippen LogP contribution in [0.25, 0.3) is 0 Å². The lowest BCUT2D eigenvalue weighted by Crippen LogP contribution is -2.45. The first-order valence-corrected chi connectivity index (χ1v) is 7.94. The largest absolute Gasteiger partial charge is 0.352 e. The van der Waals surface area contributed by atoms with Crippen LogP contribution in [-0.2, 0) is 16.1 Å². The van der Waals surface area contributed by atoms with Gasteiger partial charge in [0.2, 0.25) is 11.8 Å². The van der Waals surface area contributed by atoms with Gasteiger partial charge in [-0.3, -0.25) is 9.59 Å². The first kappa shape index (κ1) is 15.0. The molecule has 0 spiro atoms. The van der Waals surface area contributed by atoms with E-state index in [0.717, 1.165) is 24.1 Å². The summed E-state index contributed by atoms with van der Waals surface area (Å²) in [5.41, 5.74) is 7.92. The molecule has 0 saturated heterocycles. The summed E-state index contributed by atoms with van der Waals surface area (Å²) < 4.78 is 0. The van der Waals surface area contributed by atoms with Crippen molar-refractivity contribution in [1.82, 2.24) is 5.32 Å². The average molecular weight is 301 g/mol. The Morgan fingerprint density at radius 3 is 2.73 bits per heavy atom. The highest BCUT2D eigenvalue weighted by atomic mass is 16.2. The highest BCUT2D eigenvalue weighted by Crippen LogP contribution is 2.47. The van der Waals surface area contributed by atoms with E-state index in [9.17, 15) is 9.59 Å². The number of carbonyl (C=O) groups excluding carboxylic acids is 2. The van der Waals surface area contributed by atoms with Crippen LogP contribution in [0.15, 0.2) is 24.3 Å². The maximum absolute atomic E-state index is 12.4. The molecule has 2 saturated carbocycles. The van der Waals surface area contributed by atoms with Crippen molar-refractivity contribution in [2.24, 2.45) is 23.5 Å². The van der Waals surface area contributed by atoms with Crippen molar-refractivity contribution in [1.29, 1.82) is 0 Å². The van der Waals surface area contributed by atoms with Crippen LogP contribution in [0, 0.1) is 17.8 Å². The van der Waals surface area contributed by atoms with Gasteiger partial charge in [0.15, 0.2) is 0 Å². The Bertz CT molecular complexity index is 585. The Hall–Kier alpha value is -1.88. The molecule has 0 aromatic heterocycles. The Morgan fingerprint density at radius 1 is 1.27 bits per heavy atom. The van der Waals surface area contributed by atoms with Crippen molar-refractivity contribution in [2.45, 2.75) is 38.8 Å². The minimum Gasteiger partial charge on any atom is -0.352 e. The SMILES string of the molecule is CC(=O)Nc1cccc(CNC(=O)C2C3CCC(C3)C2N)c1. The van der Waals surface area contributed by atoms with Crippen LogP contribution in [0.4, 0.5) is 5.69 Å². The van der Waals surface area contributed by atoms with Crippen LogP contribution < -0.4 is 16.4 Å². The Labute approximate surface area is 130 Å². The number of nitrogens with two attached hydrogens (primary N) is 1. The monoisotopic (exact) mass is 301 g/mol. The summed E-state index contributed by atoms with van der Waals surface area (Å²) in [6.45, 7) is 1.94. The molecule has 4 unspecified atom stereocenters. The van der Waals surface area contributed by atoms with E-state index < -0.39 is 0 Å². The molecule has 0 radical (unpaired) electrons. The first-order valence-electron chi connectivity index (χ1n) is 7.94. The zero-order valence-electron chi connectivity index (χ0n) is 12.8. The molecule has 2 amide bonds. The third-order valence-electron chi connectivity index (χ3n) is 5.00. The highest BCUT2D eigenvalue weighted by Gasteiger charge is 2.48. The molecule has 2 fully saturated rings. The molecular weight excluding hydrogens is 278 g/mol. The smallest absolute Gasteiger partial charge is 0.225 e. The molecule has 5 nitrogen and oxygen atoms in total. The van der Waals surface area contributed by atoms with Gasteiger partial charge in [-0.25, -0.2) is 0 Å². The van der Waals surface area contributed by atoms with Crippen LogP contribution in [0.5, 0.6) is 0 Å². The molecule has 0 aliphatic heterocycles. The number of hydrogen-bond acceptors (Lipinski definition) is 3. The van der Waals surface area contributed by atoms with E-state index in [2.05, 4.69) is 10.6 Å². The van der Waals surface area contributed by atoms with Crippen molar-refractivity contribution in [3.05, 3.63) is 29.8 Å². The molecule has 4 N–H and O–H groups in total. The number of rotatable bonds is 4. The van der Waals surface area contributed by atoms with E-state index in [0.29, 0.717) is 18.4 Å². The molecule has 1 aromatic rings. The summed E-state index contributed by atoms with van der Waals surface area (Å²) in [6, 6.07) is 7.54. The van der Waals surface area contributed by atoms with Crippen molar-refractivity contribution in [2.75, 3.05) is 5.32 Å². The lowest BCUT2D eigenvalue weighted by molar-refractivity contribution is -0.127. The predicted molar refractivity (Wildman–Crippen MR) is 84.9 cm³/mol. The van der Waals surface area contributed by atoms with Gasteiger partial charge in [0.25, 0.3) is 0 Å². The first-order chi connectivity index (χ1) is 10.5. The molecule has 118 valence electrons. The number of nitrogens with one attached hydrogen (secondary N) is 2. The van der Waals surface area contributed by atoms with Gasteiger partial charge in [-0.2, -0.15) is 0 Å². The molecule has 5 heteroatoms. The standard InChI is InChI=1S/C17H23N3O2/c1-10(21)20-14-4-2-3-11(7-14)9-19-17(22)15-12-5-6-13(8-12)16(15)18/h2-4,7,12-13,15-16H,5-6,8-9,18H2,1H3,(H,19,22)(H,20,21). The van der Waals surface area contributed by atoms with Crippen molar-refractivity contribution in [3.63, 3.8) is 0 Å². The molecule has 2 aliphatic rings. The van der Waals surface area contributed by atoms with Crippen molar-refractivity contribution in [3.8, 4) is 0 Å². The molecular formula is C17H23N3O2. The second-order valence-electron chi connectivity index (χ2n) is 6.54. The summed E-state index contributed by atoms with van der Waals surface area (Å²) in [5.74, 6) is 0.936. The summed E-state index contributed by atoms with van der Waals surface area (Å²) in [6.07, 6.45) is 3.42. The Kier molecular flexibility index (Phi) is 4.16. The van der Waals surface area contributed by atoms with Crippen LogP contribution in [-0.4, -0.2) is 17.9 Å². The average Bonchev–Trinajstić information content (AvgIpc) is 3.05. The number of carbonyl (C=O) groups is 2. The van der Waals surface area contributed by atoms with Crippen LogP contribution in [0.2, 0.25) is 0 Å². The van der Waals surface area contributed by atoms with Crippen LogP contribution in [0.3, 0.4) is 0 Å². The van der Waals surface area contributed by atoms with Gasteiger partial charge in [-0.1, -0.05) is 12.1 Å². The van der Waals surface area contributed by atoms with E-state index in [1.165, 1.54) is 13.3 Å². The summed E-state index contributed by atoms with van der Waals surface area (Å²) >= 11 is 0. The zero-order chi connectivity index (χ0) is 15.7. The number of benzene rings is 1. The third kappa shape index (κ3) is 2.99. The third-order valence-corrected chi connectivity index (χ3v) is 5.00. The van der Waals surface area contributed by atoms with E-state index >= 15 is 0 Å². The maximum atomic E-state index is 12.4. The summed E-state index contributed by atoms with van der Waals surface area (Å²) in [4.78, 5) is 23.5. The van der Waals surface area contributed by atoms with Crippen LogP contribution in [0.1, 0.15) is 31.7 Å². The van der Waals surface area contributed by atoms with E-state index in [4.69, 9.17) is 5.73 Å².